The fraction of sp³-hybridized carbons (Fsp3) is 0.600. The fourth-order valence-corrected chi connectivity index (χ4v) is 2.29. The van der Waals surface area contributed by atoms with E-state index in [0.717, 1.165) is 51.2 Å². The summed E-state index contributed by atoms with van der Waals surface area (Å²) in [5.41, 5.74) is 0.796. The Kier molecular flexibility index (Phi) is 5.76. The highest BCUT2D eigenvalue weighted by atomic mass is 19.1. The van der Waals surface area contributed by atoms with Gasteiger partial charge < -0.3 is 15.0 Å². The van der Waals surface area contributed by atoms with Crippen molar-refractivity contribution in [3.63, 3.8) is 0 Å². The molecule has 4 heteroatoms. The van der Waals surface area contributed by atoms with Gasteiger partial charge in [0.25, 0.3) is 0 Å². The number of rotatable bonds is 6. The number of benzene rings is 1. The van der Waals surface area contributed by atoms with Gasteiger partial charge >= 0.3 is 0 Å². The predicted molar refractivity (Wildman–Crippen MR) is 74.8 cm³/mol. The Morgan fingerprint density at radius 3 is 2.95 bits per heavy atom. The van der Waals surface area contributed by atoms with Crippen molar-refractivity contribution in [2.24, 2.45) is 0 Å². The molecule has 1 aromatic rings. The largest absolute Gasteiger partial charge is 0.376 e. The first-order chi connectivity index (χ1) is 9.25. The molecule has 0 aromatic heterocycles. The molecule has 1 atom stereocenters. The molecule has 0 amide bonds. The molecule has 0 radical (unpaired) electrons. The van der Waals surface area contributed by atoms with E-state index >= 15 is 0 Å². The zero-order valence-electron chi connectivity index (χ0n) is 11.6. The molecule has 1 unspecified atom stereocenters. The average Bonchev–Trinajstić information content (AvgIpc) is 2.45. The molecule has 1 heterocycles. The summed E-state index contributed by atoms with van der Waals surface area (Å²) < 4.78 is 19.1. The van der Waals surface area contributed by atoms with Crippen LogP contribution in [-0.4, -0.2) is 50.8 Å². The van der Waals surface area contributed by atoms with Gasteiger partial charge in [-0.3, -0.25) is 0 Å². The average molecular weight is 266 g/mol. The van der Waals surface area contributed by atoms with Gasteiger partial charge in [0.05, 0.1) is 12.7 Å². The maximum atomic E-state index is 13.5. The second-order valence-electron chi connectivity index (χ2n) is 5.13. The smallest absolute Gasteiger partial charge is 0.126 e. The van der Waals surface area contributed by atoms with Crippen molar-refractivity contribution in [1.29, 1.82) is 0 Å². The van der Waals surface area contributed by atoms with Gasteiger partial charge in [0.15, 0.2) is 0 Å². The van der Waals surface area contributed by atoms with E-state index in [0.29, 0.717) is 6.10 Å². The molecular formula is C15H23FN2O. The van der Waals surface area contributed by atoms with Crippen molar-refractivity contribution in [1.82, 2.24) is 10.2 Å². The molecule has 106 valence electrons. The third-order valence-corrected chi connectivity index (χ3v) is 3.56. The summed E-state index contributed by atoms with van der Waals surface area (Å²) in [5, 5.41) is 3.33. The van der Waals surface area contributed by atoms with Gasteiger partial charge in [-0.2, -0.15) is 0 Å². The van der Waals surface area contributed by atoms with Crippen molar-refractivity contribution in [3.05, 3.63) is 35.6 Å². The third-order valence-electron chi connectivity index (χ3n) is 3.56. The molecule has 3 nitrogen and oxygen atoms in total. The number of hydrogen-bond acceptors (Lipinski definition) is 3. The Morgan fingerprint density at radius 1 is 1.37 bits per heavy atom. The molecule has 0 saturated carbocycles. The predicted octanol–water partition coefficient (Wildman–Crippen LogP) is 1.68. The summed E-state index contributed by atoms with van der Waals surface area (Å²) in [5.74, 6) is -0.101. The molecule has 19 heavy (non-hydrogen) atoms. The molecule has 1 N–H and O–H groups in total. The van der Waals surface area contributed by atoms with E-state index in [4.69, 9.17) is 4.74 Å². The lowest BCUT2D eigenvalue weighted by molar-refractivity contribution is 0.0188. The molecule has 2 rings (SSSR count). The monoisotopic (exact) mass is 266 g/mol. The summed E-state index contributed by atoms with van der Waals surface area (Å²) in [6.07, 6.45) is 2.11. The van der Waals surface area contributed by atoms with Crippen LogP contribution in [0.1, 0.15) is 12.0 Å². The van der Waals surface area contributed by atoms with Gasteiger partial charge in [0, 0.05) is 26.2 Å². The minimum Gasteiger partial charge on any atom is -0.376 e. The molecule has 1 aliphatic heterocycles. The summed E-state index contributed by atoms with van der Waals surface area (Å²) in [4.78, 5) is 2.24. The Bertz CT molecular complexity index is 380. The Balaban J connectivity index is 1.66. The van der Waals surface area contributed by atoms with Crippen LogP contribution in [0.25, 0.3) is 0 Å². The highest BCUT2D eigenvalue weighted by molar-refractivity contribution is 5.17. The van der Waals surface area contributed by atoms with Crippen LogP contribution in [-0.2, 0) is 11.2 Å². The summed E-state index contributed by atoms with van der Waals surface area (Å²) in [6.45, 7) is 4.58. The summed E-state index contributed by atoms with van der Waals surface area (Å²) >= 11 is 0. The Labute approximate surface area is 114 Å². The standard InChI is InChI=1S/C15H23FN2O/c1-18(10-7-14-12-17-8-11-19-14)9-6-13-4-2-3-5-15(13)16/h2-5,14,17H,6-12H2,1H3. The number of ether oxygens (including phenoxy) is 1. The SMILES string of the molecule is CN(CCc1ccccc1F)CCC1CNCCO1. The highest BCUT2D eigenvalue weighted by Crippen LogP contribution is 2.08. The van der Waals surface area contributed by atoms with E-state index in [-0.39, 0.29) is 5.82 Å². The van der Waals surface area contributed by atoms with Gasteiger partial charge in [0.1, 0.15) is 5.82 Å². The van der Waals surface area contributed by atoms with Crippen molar-refractivity contribution >= 4 is 0 Å². The van der Waals surface area contributed by atoms with E-state index in [1.54, 1.807) is 6.07 Å². The van der Waals surface area contributed by atoms with E-state index in [9.17, 15) is 4.39 Å². The van der Waals surface area contributed by atoms with Gasteiger partial charge in [-0.1, -0.05) is 18.2 Å². The molecule has 1 saturated heterocycles. The first-order valence-electron chi connectivity index (χ1n) is 7.00. The fourth-order valence-electron chi connectivity index (χ4n) is 2.29. The minimum absolute atomic E-state index is 0.101. The molecule has 0 spiro atoms. The van der Waals surface area contributed by atoms with Gasteiger partial charge in [-0.15, -0.1) is 0 Å². The maximum absolute atomic E-state index is 13.5. The second kappa shape index (κ2) is 7.58. The van der Waals surface area contributed by atoms with Gasteiger partial charge in [0.2, 0.25) is 0 Å². The molecular weight excluding hydrogens is 243 g/mol. The Hall–Kier alpha value is -0.970. The summed E-state index contributed by atoms with van der Waals surface area (Å²) in [7, 11) is 2.08. The maximum Gasteiger partial charge on any atom is 0.126 e. The molecule has 0 bridgehead atoms. The topological polar surface area (TPSA) is 24.5 Å². The zero-order chi connectivity index (χ0) is 13.5. The first-order valence-corrected chi connectivity index (χ1v) is 7.00. The van der Waals surface area contributed by atoms with Crippen LogP contribution < -0.4 is 5.32 Å². The van der Waals surface area contributed by atoms with Crippen molar-refractivity contribution in [3.8, 4) is 0 Å². The quantitative estimate of drug-likeness (QED) is 0.848. The lowest BCUT2D eigenvalue weighted by Gasteiger charge is -2.25. The van der Waals surface area contributed by atoms with Crippen LogP contribution in [0.15, 0.2) is 24.3 Å². The van der Waals surface area contributed by atoms with Crippen LogP contribution in [0.2, 0.25) is 0 Å². The Morgan fingerprint density at radius 2 is 2.21 bits per heavy atom. The first kappa shape index (κ1) is 14.4. The number of likely N-dealkylation sites (N-methyl/N-ethyl adjacent to an activating group) is 1. The number of halogens is 1. The van der Waals surface area contributed by atoms with Crippen LogP contribution in [0, 0.1) is 5.82 Å². The van der Waals surface area contributed by atoms with Crippen molar-refractivity contribution < 1.29 is 9.13 Å². The van der Waals surface area contributed by atoms with Crippen LogP contribution in [0.5, 0.6) is 0 Å². The molecule has 1 fully saturated rings. The second-order valence-corrected chi connectivity index (χ2v) is 5.13. The van der Waals surface area contributed by atoms with Crippen LogP contribution in [0.4, 0.5) is 4.39 Å². The molecule has 1 aromatic carbocycles. The number of morpholine rings is 1. The van der Waals surface area contributed by atoms with E-state index < -0.39 is 0 Å². The highest BCUT2D eigenvalue weighted by Gasteiger charge is 2.13. The lowest BCUT2D eigenvalue weighted by atomic mass is 10.1. The third kappa shape index (κ3) is 4.90. The minimum atomic E-state index is -0.101. The summed E-state index contributed by atoms with van der Waals surface area (Å²) in [6, 6.07) is 7.00. The number of nitrogens with zero attached hydrogens (tertiary/aromatic N) is 1. The van der Waals surface area contributed by atoms with Crippen molar-refractivity contribution in [2.45, 2.75) is 18.9 Å². The van der Waals surface area contributed by atoms with E-state index in [1.165, 1.54) is 6.07 Å². The van der Waals surface area contributed by atoms with Gasteiger partial charge in [-0.25, -0.2) is 4.39 Å². The normalized spacial score (nSPS) is 19.8. The van der Waals surface area contributed by atoms with Crippen LogP contribution in [0.3, 0.4) is 0 Å². The van der Waals surface area contributed by atoms with Crippen LogP contribution >= 0.6 is 0 Å². The van der Waals surface area contributed by atoms with Gasteiger partial charge in [-0.05, 0) is 31.5 Å². The van der Waals surface area contributed by atoms with Crippen molar-refractivity contribution in [2.75, 3.05) is 39.8 Å². The number of nitrogens with one attached hydrogen (secondary N) is 1. The molecule has 0 aliphatic carbocycles. The zero-order valence-corrected chi connectivity index (χ0v) is 11.6. The van der Waals surface area contributed by atoms with E-state index in [1.807, 2.05) is 12.1 Å². The van der Waals surface area contributed by atoms with E-state index in [2.05, 4.69) is 17.3 Å². The molecule has 1 aliphatic rings. The lowest BCUT2D eigenvalue weighted by Crippen LogP contribution is -2.40. The number of hydrogen-bond donors (Lipinski definition) is 1.